The van der Waals surface area contributed by atoms with Gasteiger partial charge in [0.25, 0.3) is 0 Å². The summed E-state index contributed by atoms with van der Waals surface area (Å²) in [6.07, 6.45) is -0.547. The molecule has 1 rings (SSSR count). The molecule has 1 amide bonds. The molecule has 154 valence electrons. The van der Waals surface area contributed by atoms with Crippen LogP contribution in [0, 0.1) is 5.92 Å². The third-order valence-corrected chi connectivity index (χ3v) is 6.15. The van der Waals surface area contributed by atoms with E-state index in [1.54, 1.807) is 18.2 Å². The van der Waals surface area contributed by atoms with Crippen molar-refractivity contribution in [2.75, 3.05) is 5.32 Å². The summed E-state index contributed by atoms with van der Waals surface area (Å²) in [5.74, 6) is 0.0708. The molecule has 5 nitrogen and oxygen atoms in total. The molecule has 0 aliphatic rings. The molecule has 2 N–H and O–H groups in total. The van der Waals surface area contributed by atoms with Crippen molar-refractivity contribution in [3.8, 4) is 0 Å². The molecule has 0 saturated carbocycles. The highest BCUT2D eigenvalue weighted by Gasteiger charge is 2.37. The highest BCUT2D eigenvalue weighted by molar-refractivity contribution is 7.84. The fraction of sp³-hybridized carbons (Fsp3) is 0.650. The first-order valence-electron chi connectivity index (χ1n) is 9.06. The van der Waals surface area contributed by atoms with Crippen LogP contribution in [0.3, 0.4) is 0 Å². The highest BCUT2D eigenvalue weighted by Crippen LogP contribution is 2.37. The number of benzene rings is 1. The third kappa shape index (κ3) is 6.77. The average Bonchev–Trinajstić information content (AvgIpc) is 2.45. The first-order valence-corrected chi connectivity index (χ1v) is 10.6. The summed E-state index contributed by atoms with van der Waals surface area (Å²) in [6.45, 7) is 17.2. The molecular formula is C20H33ClN2O3S. The maximum Gasteiger partial charge on any atom is 0.412 e. The van der Waals surface area contributed by atoms with E-state index in [0.29, 0.717) is 10.7 Å². The van der Waals surface area contributed by atoms with E-state index in [0.717, 1.165) is 5.56 Å². The van der Waals surface area contributed by atoms with Gasteiger partial charge in [0.2, 0.25) is 0 Å². The van der Waals surface area contributed by atoms with E-state index < -0.39 is 33.0 Å². The Morgan fingerprint density at radius 2 is 1.67 bits per heavy atom. The van der Waals surface area contributed by atoms with Crippen molar-refractivity contribution in [3.05, 3.63) is 28.8 Å². The summed E-state index contributed by atoms with van der Waals surface area (Å²) in [7, 11) is -1.31. The van der Waals surface area contributed by atoms with Crippen LogP contribution in [0.15, 0.2) is 18.2 Å². The van der Waals surface area contributed by atoms with Gasteiger partial charge in [-0.1, -0.05) is 25.4 Å². The molecule has 0 aliphatic heterocycles. The Labute approximate surface area is 171 Å². The van der Waals surface area contributed by atoms with Crippen molar-refractivity contribution in [1.29, 1.82) is 0 Å². The van der Waals surface area contributed by atoms with Gasteiger partial charge in [0.1, 0.15) is 5.60 Å². The van der Waals surface area contributed by atoms with Crippen molar-refractivity contribution < 1.29 is 13.7 Å². The zero-order valence-corrected chi connectivity index (χ0v) is 19.4. The lowest BCUT2D eigenvalue weighted by Crippen LogP contribution is -2.49. The van der Waals surface area contributed by atoms with E-state index in [9.17, 15) is 9.00 Å². The van der Waals surface area contributed by atoms with Crippen LogP contribution in [0.2, 0.25) is 5.02 Å². The van der Waals surface area contributed by atoms with Gasteiger partial charge in [-0.05, 0) is 78.1 Å². The number of ether oxygens (including phenoxy) is 1. The zero-order valence-electron chi connectivity index (χ0n) is 17.8. The maximum atomic E-state index is 12.8. The summed E-state index contributed by atoms with van der Waals surface area (Å²) >= 11 is 6.25. The van der Waals surface area contributed by atoms with Crippen LogP contribution in [-0.2, 0) is 21.3 Å². The monoisotopic (exact) mass is 416 g/mol. The van der Waals surface area contributed by atoms with Gasteiger partial charge in [-0.2, -0.15) is 0 Å². The minimum absolute atomic E-state index is 0.0708. The molecule has 2 unspecified atom stereocenters. The highest BCUT2D eigenvalue weighted by atomic mass is 35.5. The van der Waals surface area contributed by atoms with Crippen LogP contribution in [0.5, 0.6) is 0 Å². The molecule has 0 saturated heterocycles. The lowest BCUT2D eigenvalue weighted by Gasteiger charge is -2.38. The number of carbonyl (C=O) groups is 1. The number of rotatable bonds is 5. The molecule has 2 atom stereocenters. The fourth-order valence-electron chi connectivity index (χ4n) is 2.30. The molecule has 0 radical (unpaired) electrons. The molecule has 0 aliphatic carbocycles. The first kappa shape index (κ1) is 23.9. The van der Waals surface area contributed by atoms with Crippen molar-refractivity contribution in [1.82, 2.24) is 4.72 Å². The Balaban J connectivity index is 3.36. The van der Waals surface area contributed by atoms with Gasteiger partial charge < -0.3 is 4.74 Å². The summed E-state index contributed by atoms with van der Waals surface area (Å²) in [5.41, 5.74) is 0.0360. The zero-order chi connectivity index (χ0) is 21.2. The lowest BCUT2D eigenvalue weighted by atomic mass is 9.81. The van der Waals surface area contributed by atoms with Crippen molar-refractivity contribution in [2.24, 2.45) is 5.92 Å². The van der Waals surface area contributed by atoms with E-state index >= 15 is 0 Å². The summed E-state index contributed by atoms with van der Waals surface area (Å²) in [6, 6.07) is 5.24. The number of hydrogen-bond acceptors (Lipinski definition) is 3. The topological polar surface area (TPSA) is 67.4 Å². The quantitative estimate of drug-likeness (QED) is 0.655. The van der Waals surface area contributed by atoms with Gasteiger partial charge in [-0.25, -0.2) is 13.7 Å². The van der Waals surface area contributed by atoms with Gasteiger partial charge in [0.05, 0.1) is 21.3 Å². The molecule has 1 aromatic rings. The predicted octanol–water partition coefficient (Wildman–Crippen LogP) is 5.61. The van der Waals surface area contributed by atoms with E-state index in [4.69, 9.17) is 16.3 Å². The van der Waals surface area contributed by atoms with Crippen LogP contribution in [0.25, 0.3) is 0 Å². The molecule has 0 aromatic heterocycles. The number of amides is 1. The largest absolute Gasteiger partial charge is 0.444 e. The maximum absolute atomic E-state index is 12.8. The van der Waals surface area contributed by atoms with Gasteiger partial charge >= 0.3 is 6.09 Å². The molecule has 27 heavy (non-hydrogen) atoms. The second-order valence-corrected chi connectivity index (χ2v) is 11.6. The average molecular weight is 417 g/mol. The standard InChI is InChI=1S/C20H33ClN2O3S/c1-13(2)20(9,23-27(25)19(6,7)8)15-12-14(21)10-11-16(15)22-17(24)26-18(3,4)5/h10-13,23H,1-9H3,(H,22,24). The van der Waals surface area contributed by atoms with Crippen LogP contribution < -0.4 is 10.0 Å². The van der Waals surface area contributed by atoms with Gasteiger partial charge in [0.15, 0.2) is 0 Å². The van der Waals surface area contributed by atoms with Crippen LogP contribution >= 0.6 is 11.6 Å². The normalized spacial score (nSPS) is 16.0. The molecule has 0 fully saturated rings. The Kier molecular flexibility index (Phi) is 7.53. The molecule has 0 spiro atoms. The van der Waals surface area contributed by atoms with Gasteiger partial charge in [-0.15, -0.1) is 0 Å². The molecule has 0 heterocycles. The SMILES string of the molecule is CC(C)C(C)(NS(=O)C(C)(C)C)c1cc(Cl)ccc1NC(=O)OC(C)(C)C. The number of carbonyl (C=O) groups excluding carboxylic acids is 1. The molecule has 7 heteroatoms. The van der Waals surface area contributed by atoms with E-state index in [2.05, 4.69) is 10.0 Å². The fourth-order valence-corrected chi connectivity index (χ4v) is 3.51. The molecular weight excluding hydrogens is 384 g/mol. The van der Waals surface area contributed by atoms with Crippen LogP contribution in [-0.4, -0.2) is 20.7 Å². The minimum Gasteiger partial charge on any atom is -0.444 e. The smallest absolute Gasteiger partial charge is 0.412 e. The predicted molar refractivity (Wildman–Crippen MR) is 115 cm³/mol. The molecule has 0 bridgehead atoms. The Morgan fingerprint density at radius 3 is 2.11 bits per heavy atom. The van der Waals surface area contributed by atoms with E-state index in [1.165, 1.54) is 0 Å². The Bertz CT molecular complexity index is 708. The summed E-state index contributed by atoms with van der Waals surface area (Å²) in [4.78, 5) is 12.3. The lowest BCUT2D eigenvalue weighted by molar-refractivity contribution is 0.0635. The second-order valence-electron chi connectivity index (χ2n) is 9.16. The third-order valence-electron chi connectivity index (χ3n) is 4.19. The number of nitrogens with one attached hydrogen (secondary N) is 2. The number of hydrogen-bond donors (Lipinski definition) is 2. The van der Waals surface area contributed by atoms with Gasteiger partial charge in [-0.3, -0.25) is 5.32 Å². The van der Waals surface area contributed by atoms with E-state index in [-0.39, 0.29) is 5.92 Å². The Morgan fingerprint density at radius 1 is 1.11 bits per heavy atom. The summed E-state index contributed by atoms with van der Waals surface area (Å²) in [5, 5.41) is 3.35. The van der Waals surface area contributed by atoms with Crippen molar-refractivity contribution in [3.63, 3.8) is 0 Å². The van der Waals surface area contributed by atoms with E-state index in [1.807, 2.05) is 62.3 Å². The van der Waals surface area contributed by atoms with Crippen LogP contribution in [0.1, 0.15) is 67.9 Å². The molecule has 1 aromatic carbocycles. The van der Waals surface area contributed by atoms with Crippen LogP contribution in [0.4, 0.5) is 10.5 Å². The Hall–Kier alpha value is -1.11. The van der Waals surface area contributed by atoms with Gasteiger partial charge in [0, 0.05) is 10.7 Å². The second kappa shape index (κ2) is 8.50. The van der Waals surface area contributed by atoms with Crippen molar-refractivity contribution in [2.45, 2.75) is 78.2 Å². The minimum atomic E-state index is -1.31. The summed E-state index contributed by atoms with van der Waals surface area (Å²) < 4.78 is 21.0. The number of anilines is 1. The van der Waals surface area contributed by atoms with Crippen molar-refractivity contribution >= 4 is 34.4 Å². The number of halogens is 1. The first-order chi connectivity index (χ1) is 12.1.